The number of hydrogen-bond donors (Lipinski definition) is 1. The van der Waals surface area contributed by atoms with Gasteiger partial charge in [-0.2, -0.15) is 0 Å². The van der Waals surface area contributed by atoms with Crippen LogP contribution in [0, 0.1) is 12.8 Å². The highest BCUT2D eigenvalue weighted by atomic mass is 79.9. The van der Waals surface area contributed by atoms with Crippen molar-refractivity contribution in [3.05, 3.63) is 56.2 Å². The number of aryl methyl sites for hydroxylation is 1. The van der Waals surface area contributed by atoms with E-state index in [0.717, 1.165) is 14.9 Å². The number of hydrogen-bond acceptors (Lipinski definition) is 2. The van der Waals surface area contributed by atoms with E-state index in [1.165, 1.54) is 5.56 Å². The number of thiophene rings is 1. The standard InChI is InChI=1S/C15H15BrO2S/c1-10-3-2-4-11(7-10)8-12(15(17)18)9-14-13(16)5-6-19-14/h2-7,12H,8-9H2,1H3,(H,17,18). The summed E-state index contributed by atoms with van der Waals surface area (Å²) in [5.41, 5.74) is 2.25. The van der Waals surface area contributed by atoms with Gasteiger partial charge in [-0.25, -0.2) is 0 Å². The lowest BCUT2D eigenvalue weighted by atomic mass is 9.95. The van der Waals surface area contributed by atoms with Crippen LogP contribution >= 0.6 is 27.3 Å². The van der Waals surface area contributed by atoms with E-state index in [1.807, 2.05) is 36.6 Å². The molecule has 1 aromatic heterocycles. The summed E-state index contributed by atoms with van der Waals surface area (Å²) >= 11 is 5.06. The lowest BCUT2D eigenvalue weighted by Crippen LogP contribution is -2.19. The molecule has 100 valence electrons. The van der Waals surface area contributed by atoms with Gasteiger partial charge in [-0.15, -0.1) is 11.3 Å². The highest BCUT2D eigenvalue weighted by Crippen LogP contribution is 2.27. The summed E-state index contributed by atoms with van der Waals surface area (Å²) in [6, 6.07) is 10.0. The Morgan fingerprint density at radius 1 is 1.37 bits per heavy atom. The van der Waals surface area contributed by atoms with E-state index in [0.29, 0.717) is 12.8 Å². The minimum absolute atomic E-state index is 0.378. The topological polar surface area (TPSA) is 37.3 Å². The summed E-state index contributed by atoms with van der Waals surface area (Å²) in [4.78, 5) is 12.5. The molecule has 19 heavy (non-hydrogen) atoms. The van der Waals surface area contributed by atoms with Crippen LogP contribution in [0.4, 0.5) is 0 Å². The zero-order valence-electron chi connectivity index (χ0n) is 10.6. The van der Waals surface area contributed by atoms with Gasteiger partial charge in [0.05, 0.1) is 5.92 Å². The molecule has 0 aliphatic carbocycles. The van der Waals surface area contributed by atoms with E-state index < -0.39 is 5.97 Å². The average molecular weight is 339 g/mol. The quantitative estimate of drug-likeness (QED) is 0.882. The van der Waals surface area contributed by atoms with Gasteiger partial charge in [-0.3, -0.25) is 4.79 Å². The van der Waals surface area contributed by atoms with Crippen molar-refractivity contribution in [1.29, 1.82) is 0 Å². The van der Waals surface area contributed by atoms with Crippen LogP contribution in [0.15, 0.2) is 40.2 Å². The number of carboxylic acid groups (broad SMARTS) is 1. The van der Waals surface area contributed by atoms with E-state index in [4.69, 9.17) is 0 Å². The summed E-state index contributed by atoms with van der Waals surface area (Å²) < 4.78 is 1.01. The van der Waals surface area contributed by atoms with Crippen LogP contribution in [-0.4, -0.2) is 11.1 Å². The van der Waals surface area contributed by atoms with Gasteiger partial charge in [-0.05, 0) is 52.7 Å². The summed E-state index contributed by atoms with van der Waals surface area (Å²) in [6.45, 7) is 2.02. The molecule has 0 aliphatic heterocycles. The molecule has 0 radical (unpaired) electrons. The molecule has 0 saturated carbocycles. The van der Waals surface area contributed by atoms with Gasteiger partial charge >= 0.3 is 5.97 Å². The molecular formula is C15H15BrO2S. The van der Waals surface area contributed by atoms with Crippen molar-refractivity contribution in [2.24, 2.45) is 5.92 Å². The molecule has 2 aromatic rings. The maximum atomic E-state index is 11.4. The van der Waals surface area contributed by atoms with Crippen LogP contribution in [0.1, 0.15) is 16.0 Å². The summed E-state index contributed by atoms with van der Waals surface area (Å²) in [5, 5.41) is 11.4. The normalized spacial score (nSPS) is 12.3. The van der Waals surface area contributed by atoms with Crippen LogP contribution in [0.25, 0.3) is 0 Å². The number of rotatable bonds is 5. The predicted molar refractivity (Wildman–Crippen MR) is 81.7 cm³/mol. The Morgan fingerprint density at radius 2 is 2.16 bits per heavy atom. The third-order valence-electron chi connectivity index (χ3n) is 3.04. The largest absolute Gasteiger partial charge is 0.481 e. The molecule has 0 spiro atoms. The molecule has 1 N–H and O–H groups in total. The van der Waals surface area contributed by atoms with Crippen LogP contribution in [0.3, 0.4) is 0 Å². The smallest absolute Gasteiger partial charge is 0.307 e. The van der Waals surface area contributed by atoms with Gasteiger partial charge in [0.25, 0.3) is 0 Å². The monoisotopic (exact) mass is 338 g/mol. The Bertz CT molecular complexity index is 577. The minimum atomic E-state index is -0.734. The fourth-order valence-electron chi connectivity index (χ4n) is 2.06. The lowest BCUT2D eigenvalue weighted by Gasteiger charge is -2.12. The highest BCUT2D eigenvalue weighted by molar-refractivity contribution is 9.10. The van der Waals surface area contributed by atoms with E-state index >= 15 is 0 Å². The second-order valence-corrected chi connectivity index (χ2v) is 6.48. The third-order valence-corrected chi connectivity index (χ3v) is 4.99. The molecule has 0 amide bonds. The zero-order chi connectivity index (χ0) is 13.8. The molecule has 1 atom stereocenters. The van der Waals surface area contributed by atoms with Gasteiger partial charge in [-0.1, -0.05) is 29.8 Å². The summed E-state index contributed by atoms with van der Waals surface area (Å²) in [5.74, 6) is -1.11. The second kappa shape index (κ2) is 6.35. The predicted octanol–water partition coefficient (Wildman–Crippen LogP) is 4.31. The number of aliphatic carboxylic acids is 1. The van der Waals surface area contributed by atoms with Crippen molar-refractivity contribution in [2.75, 3.05) is 0 Å². The Balaban J connectivity index is 2.13. The average Bonchev–Trinajstić information content (AvgIpc) is 2.74. The van der Waals surface area contributed by atoms with Crippen LogP contribution in [0.5, 0.6) is 0 Å². The number of carboxylic acids is 1. The fraction of sp³-hybridized carbons (Fsp3) is 0.267. The van der Waals surface area contributed by atoms with Gasteiger partial charge in [0.15, 0.2) is 0 Å². The van der Waals surface area contributed by atoms with Crippen molar-refractivity contribution < 1.29 is 9.90 Å². The molecule has 0 bridgehead atoms. The Kier molecular flexibility index (Phi) is 4.77. The zero-order valence-corrected chi connectivity index (χ0v) is 13.0. The molecule has 0 saturated heterocycles. The van der Waals surface area contributed by atoms with Crippen molar-refractivity contribution in [2.45, 2.75) is 19.8 Å². The van der Waals surface area contributed by atoms with Crippen molar-refractivity contribution >= 4 is 33.2 Å². The first-order chi connectivity index (χ1) is 9.06. The first-order valence-electron chi connectivity index (χ1n) is 6.06. The SMILES string of the molecule is Cc1cccc(CC(Cc2sccc2Br)C(=O)O)c1. The molecule has 0 aliphatic rings. The lowest BCUT2D eigenvalue weighted by molar-refractivity contribution is -0.141. The van der Waals surface area contributed by atoms with E-state index in [-0.39, 0.29) is 5.92 Å². The summed E-state index contributed by atoms with van der Waals surface area (Å²) in [6.07, 6.45) is 1.14. The third kappa shape index (κ3) is 3.91. The van der Waals surface area contributed by atoms with Gasteiger partial charge in [0.2, 0.25) is 0 Å². The minimum Gasteiger partial charge on any atom is -0.481 e. The number of halogens is 1. The van der Waals surface area contributed by atoms with Gasteiger partial charge < -0.3 is 5.11 Å². The fourth-order valence-corrected chi connectivity index (χ4v) is 3.66. The van der Waals surface area contributed by atoms with Crippen LogP contribution < -0.4 is 0 Å². The molecule has 1 aromatic carbocycles. The Hall–Kier alpha value is -1.13. The van der Waals surface area contributed by atoms with Crippen LogP contribution in [0.2, 0.25) is 0 Å². The molecule has 0 fully saturated rings. The Labute approximate surface area is 125 Å². The number of carbonyl (C=O) groups is 1. The molecule has 2 rings (SSSR count). The first kappa shape index (κ1) is 14.3. The van der Waals surface area contributed by atoms with E-state index in [1.54, 1.807) is 11.3 Å². The molecule has 4 heteroatoms. The highest BCUT2D eigenvalue weighted by Gasteiger charge is 2.20. The van der Waals surface area contributed by atoms with E-state index in [9.17, 15) is 9.90 Å². The maximum absolute atomic E-state index is 11.4. The molecular weight excluding hydrogens is 324 g/mol. The molecule has 1 heterocycles. The maximum Gasteiger partial charge on any atom is 0.307 e. The first-order valence-corrected chi connectivity index (χ1v) is 7.73. The van der Waals surface area contributed by atoms with Crippen LogP contribution in [-0.2, 0) is 17.6 Å². The molecule has 1 unspecified atom stereocenters. The van der Waals surface area contributed by atoms with Gasteiger partial charge in [0.1, 0.15) is 0 Å². The molecule has 2 nitrogen and oxygen atoms in total. The van der Waals surface area contributed by atoms with Crippen molar-refractivity contribution in [3.8, 4) is 0 Å². The van der Waals surface area contributed by atoms with Crippen molar-refractivity contribution in [1.82, 2.24) is 0 Å². The van der Waals surface area contributed by atoms with Crippen molar-refractivity contribution in [3.63, 3.8) is 0 Å². The Morgan fingerprint density at radius 3 is 2.74 bits per heavy atom. The van der Waals surface area contributed by atoms with Gasteiger partial charge in [0, 0.05) is 9.35 Å². The summed E-state index contributed by atoms with van der Waals surface area (Å²) in [7, 11) is 0. The van der Waals surface area contributed by atoms with E-state index in [2.05, 4.69) is 22.0 Å². The second-order valence-electron chi connectivity index (χ2n) is 4.62. The number of benzene rings is 1.